The molecule has 2 atom stereocenters. The van der Waals surface area contributed by atoms with E-state index in [1.807, 2.05) is 0 Å². The van der Waals surface area contributed by atoms with Crippen molar-refractivity contribution in [2.45, 2.75) is 31.8 Å². The molecule has 4 nitrogen and oxygen atoms in total. The van der Waals surface area contributed by atoms with Gasteiger partial charge in [0, 0.05) is 12.3 Å². The zero-order valence-corrected chi connectivity index (χ0v) is 6.82. The van der Waals surface area contributed by atoms with Gasteiger partial charge in [-0.1, -0.05) is 0 Å². The summed E-state index contributed by atoms with van der Waals surface area (Å²) in [5.74, 6) is 0.0306. The van der Waals surface area contributed by atoms with Gasteiger partial charge in [0.2, 0.25) is 0 Å². The van der Waals surface area contributed by atoms with Crippen LogP contribution in [0.5, 0.6) is 0 Å². The van der Waals surface area contributed by atoms with Gasteiger partial charge in [0.05, 0.1) is 6.07 Å². The molecule has 0 bridgehead atoms. The molecule has 1 rings (SSSR count). The number of nitrogens with zero attached hydrogens (tertiary/aromatic N) is 1. The van der Waals surface area contributed by atoms with Crippen LogP contribution in [0.1, 0.15) is 25.7 Å². The smallest absolute Gasteiger partial charge is 0.404 e. The fraction of sp³-hybridized carbons (Fsp3) is 0.750. The van der Waals surface area contributed by atoms with Gasteiger partial charge in [-0.15, -0.1) is 0 Å². The predicted molar refractivity (Wildman–Crippen MR) is 42.0 cm³/mol. The fourth-order valence-electron chi connectivity index (χ4n) is 1.53. The number of rotatable bonds is 1. The lowest BCUT2D eigenvalue weighted by Crippen LogP contribution is -2.27. The topological polar surface area (TPSA) is 76.1 Å². The highest BCUT2D eigenvalue weighted by atomic mass is 16.6. The molecular weight excluding hydrogens is 156 g/mol. The molecule has 12 heavy (non-hydrogen) atoms. The van der Waals surface area contributed by atoms with Crippen LogP contribution >= 0.6 is 0 Å². The van der Waals surface area contributed by atoms with Crippen molar-refractivity contribution >= 4 is 6.09 Å². The summed E-state index contributed by atoms with van der Waals surface area (Å²) in [7, 11) is 0. The standard InChI is InChI=1S/C8H12N2O2/c9-5-6-2-1-3-7(4-6)12-8(10)11/h6-7H,1-4H2,(H2,10,11). The molecule has 0 spiro atoms. The molecule has 0 aliphatic heterocycles. The van der Waals surface area contributed by atoms with Gasteiger partial charge < -0.3 is 10.5 Å². The minimum atomic E-state index is -0.737. The molecule has 1 aliphatic carbocycles. The minimum absolute atomic E-state index is 0.0306. The van der Waals surface area contributed by atoms with Crippen molar-refractivity contribution in [3.8, 4) is 6.07 Å². The largest absolute Gasteiger partial charge is 0.446 e. The maximum atomic E-state index is 10.4. The third-order valence-corrected chi connectivity index (χ3v) is 2.09. The molecule has 0 heterocycles. The van der Waals surface area contributed by atoms with Crippen LogP contribution in [0.25, 0.3) is 0 Å². The molecule has 0 radical (unpaired) electrons. The third kappa shape index (κ3) is 2.42. The zero-order chi connectivity index (χ0) is 8.97. The van der Waals surface area contributed by atoms with E-state index < -0.39 is 6.09 Å². The minimum Gasteiger partial charge on any atom is -0.446 e. The number of hydrogen-bond donors (Lipinski definition) is 1. The lowest BCUT2D eigenvalue weighted by atomic mass is 9.88. The first kappa shape index (κ1) is 8.85. The maximum absolute atomic E-state index is 10.4. The number of nitriles is 1. The van der Waals surface area contributed by atoms with Crippen molar-refractivity contribution in [2.75, 3.05) is 0 Å². The Morgan fingerprint density at radius 2 is 2.33 bits per heavy atom. The Morgan fingerprint density at radius 1 is 1.58 bits per heavy atom. The normalized spacial score (nSPS) is 28.9. The van der Waals surface area contributed by atoms with Gasteiger partial charge in [0.1, 0.15) is 6.10 Å². The first-order valence-electron chi connectivity index (χ1n) is 4.08. The van der Waals surface area contributed by atoms with Crippen molar-refractivity contribution in [3.63, 3.8) is 0 Å². The Bertz CT molecular complexity index is 210. The summed E-state index contributed by atoms with van der Waals surface area (Å²) in [6.45, 7) is 0. The molecule has 2 unspecified atom stereocenters. The second-order valence-electron chi connectivity index (χ2n) is 3.05. The molecule has 4 heteroatoms. The van der Waals surface area contributed by atoms with Crippen molar-refractivity contribution in [2.24, 2.45) is 11.7 Å². The van der Waals surface area contributed by atoms with E-state index >= 15 is 0 Å². The highest BCUT2D eigenvalue weighted by Crippen LogP contribution is 2.25. The Kier molecular flexibility index (Phi) is 2.92. The van der Waals surface area contributed by atoms with E-state index in [0.717, 1.165) is 19.3 Å². The molecule has 1 saturated carbocycles. The summed E-state index contributed by atoms with van der Waals surface area (Å²) in [6.07, 6.45) is 2.45. The SMILES string of the molecule is N#CC1CCCC(OC(N)=O)C1. The molecule has 2 N–H and O–H groups in total. The van der Waals surface area contributed by atoms with Crippen LogP contribution in [-0.4, -0.2) is 12.2 Å². The monoisotopic (exact) mass is 168 g/mol. The second-order valence-corrected chi connectivity index (χ2v) is 3.05. The van der Waals surface area contributed by atoms with Gasteiger partial charge in [-0.25, -0.2) is 4.79 Å². The highest BCUT2D eigenvalue weighted by Gasteiger charge is 2.23. The van der Waals surface area contributed by atoms with E-state index in [4.69, 9.17) is 15.7 Å². The molecule has 1 fully saturated rings. The molecule has 1 aliphatic rings. The Morgan fingerprint density at radius 3 is 2.92 bits per heavy atom. The van der Waals surface area contributed by atoms with Gasteiger partial charge in [-0.2, -0.15) is 5.26 Å². The van der Waals surface area contributed by atoms with Crippen molar-refractivity contribution in [3.05, 3.63) is 0 Å². The number of carbonyl (C=O) groups is 1. The molecule has 1 amide bonds. The van der Waals surface area contributed by atoms with Crippen LogP contribution < -0.4 is 5.73 Å². The summed E-state index contributed by atoms with van der Waals surface area (Å²) in [4.78, 5) is 10.4. The Labute approximate surface area is 71.3 Å². The average Bonchev–Trinajstić information content (AvgIpc) is 2.03. The summed E-state index contributed by atoms with van der Waals surface area (Å²) < 4.78 is 4.81. The predicted octanol–water partition coefficient (Wildman–Crippen LogP) is 1.16. The van der Waals surface area contributed by atoms with E-state index in [2.05, 4.69) is 6.07 Å². The number of hydrogen-bond acceptors (Lipinski definition) is 3. The lowest BCUT2D eigenvalue weighted by Gasteiger charge is -2.23. The number of ether oxygens (including phenoxy) is 1. The second kappa shape index (κ2) is 3.96. The number of nitrogens with two attached hydrogens (primary N) is 1. The first-order valence-corrected chi connectivity index (χ1v) is 4.08. The van der Waals surface area contributed by atoms with E-state index in [1.54, 1.807) is 0 Å². The van der Waals surface area contributed by atoms with Gasteiger partial charge in [-0.3, -0.25) is 0 Å². The molecular formula is C8H12N2O2. The van der Waals surface area contributed by atoms with E-state index in [9.17, 15) is 4.79 Å². The number of amides is 1. The quantitative estimate of drug-likeness (QED) is 0.638. The third-order valence-electron chi connectivity index (χ3n) is 2.09. The van der Waals surface area contributed by atoms with Gasteiger partial charge in [-0.05, 0) is 19.3 Å². The summed E-state index contributed by atoms with van der Waals surface area (Å²) >= 11 is 0. The Balaban J connectivity index is 2.36. The molecule has 0 aromatic carbocycles. The lowest BCUT2D eigenvalue weighted by molar-refractivity contribution is 0.0741. The van der Waals surface area contributed by atoms with Gasteiger partial charge >= 0.3 is 6.09 Å². The van der Waals surface area contributed by atoms with Crippen LogP contribution in [0.15, 0.2) is 0 Å². The summed E-state index contributed by atoms with van der Waals surface area (Å²) in [6, 6.07) is 2.18. The van der Waals surface area contributed by atoms with Crippen molar-refractivity contribution in [1.29, 1.82) is 5.26 Å². The van der Waals surface area contributed by atoms with Gasteiger partial charge in [0.15, 0.2) is 0 Å². The van der Waals surface area contributed by atoms with E-state index in [0.29, 0.717) is 6.42 Å². The molecule has 66 valence electrons. The molecule has 0 aromatic heterocycles. The Hall–Kier alpha value is -1.24. The van der Waals surface area contributed by atoms with E-state index in [1.165, 1.54) is 0 Å². The van der Waals surface area contributed by atoms with Crippen molar-refractivity contribution < 1.29 is 9.53 Å². The van der Waals surface area contributed by atoms with Crippen LogP contribution in [0.4, 0.5) is 4.79 Å². The number of primary amides is 1. The maximum Gasteiger partial charge on any atom is 0.404 e. The fourth-order valence-corrected chi connectivity index (χ4v) is 1.53. The van der Waals surface area contributed by atoms with E-state index in [-0.39, 0.29) is 12.0 Å². The first-order chi connectivity index (χ1) is 5.72. The summed E-state index contributed by atoms with van der Waals surface area (Å²) in [5, 5.41) is 8.62. The van der Waals surface area contributed by atoms with Crippen LogP contribution in [0, 0.1) is 17.2 Å². The molecule has 0 aromatic rings. The van der Waals surface area contributed by atoms with Crippen molar-refractivity contribution in [1.82, 2.24) is 0 Å². The van der Waals surface area contributed by atoms with Crippen LogP contribution in [-0.2, 0) is 4.74 Å². The zero-order valence-electron chi connectivity index (χ0n) is 6.82. The summed E-state index contributed by atoms with van der Waals surface area (Å²) in [5.41, 5.74) is 4.87. The van der Waals surface area contributed by atoms with Crippen LogP contribution in [0.3, 0.4) is 0 Å². The molecule has 0 saturated heterocycles. The van der Waals surface area contributed by atoms with Crippen LogP contribution in [0.2, 0.25) is 0 Å². The average molecular weight is 168 g/mol. The highest BCUT2D eigenvalue weighted by molar-refractivity contribution is 5.64. The van der Waals surface area contributed by atoms with Gasteiger partial charge in [0.25, 0.3) is 0 Å². The number of carbonyl (C=O) groups excluding carboxylic acids is 1.